The molecule has 25 heavy (non-hydrogen) atoms. The second-order valence-corrected chi connectivity index (χ2v) is 7.00. The van der Waals surface area contributed by atoms with Gasteiger partial charge >= 0.3 is 0 Å². The normalized spacial score (nSPS) is 17.1. The van der Waals surface area contributed by atoms with Gasteiger partial charge < -0.3 is 20.6 Å². The van der Waals surface area contributed by atoms with Gasteiger partial charge in [0.15, 0.2) is 0 Å². The van der Waals surface area contributed by atoms with Crippen LogP contribution < -0.4 is 10.6 Å². The summed E-state index contributed by atoms with van der Waals surface area (Å²) in [5.41, 5.74) is 1.58. The number of nitrogens with zero attached hydrogens (tertiary/aromatic N) is 1. The van der Waals surface area contributed by atoms with Crippen molar-refractivity contribution in [2.45, 2.75) is 39.2 Å². The molecular weight excluding hydrogens is 318 g/mol. The van der Waals surface area contributed by atoms with Gasteiger partial charge in [-0.3, -0.25) is 9.59 Å². The summed E-state index contributed by atoms with van der Waals surface area (Å²) in [6, 6.07) is 7.18. The Bertz CT molecular complexity index is 566. The van der Waals surface area contributed by atoms with E-state index in [1.54, 1.807) is 12.1 Å². The molecule has 1 aliphatic rings. The van der Waals surface area contributed by atoms with E-state index in [2.05, 4.69) is 22.5 Å². The SMILES string of the molecule is CC(=O)Nc1ccc(CC(=O)NC[C@H](O)CN2CCC(C)CC2)cc1. The zero-order valence-corrected chi connectivity index (χ0v) is 15.1. The number of amides is 2. The second-order valence-electron chi connectivity index (χ2n) is 7.00. The highest BCUT2D eigenvalue weighted by atomic mass is 16.3. The summed E-state index contributed by atoms with van der Waals surface area (Å²) in [5.74, 6) is 0.534. The van der Waals surface area contributed by atoms with E-state index < -0.39 is 6.10 Å². The van der Waals surface area contributed by atoms with Crippen LogP contribution in [0.25, 0.3) is 0 Å². The molecule has 6 heteroatoms. The molecule has 1 atom stereocenters. The van der Waals surface area contributed by atoms with E-state index in [9.17, 15) is 14.7 Å². The van der Waals surface area contributed by atoms with Gasteiger partial charge in [0, 0.05) is 25.7 Å². The molecule has 1 saturated heterocycles. The molecule has 0 saturated carbocycles. The molecule has 0 unspecified atom stereocenters. The number of piperidine rings is 1. The number of benzene rings is 1. The summed E-state index contributed by atoms with van der Waals surface area (Å²) >= 11 is 0. The third-order valence-electron chi connectivity index (χ3n) is 4.52. The summed E-state index contributed by atoms with van der Waals surface area (Å²) in [4.78, 5) is 25.3. The maximum atomic E-state index is 12.0. The first-order valence-corrected chi connectivity index (χ1v) is 8.96. The van der Waals surface area contributed by atoms with Crippen molar-refractivity contribution in [3.05, 3.63) is 29.8 Å². The van der Waals surface area contributed by atoms with Crippen LogP contribution in [0.3, 0.4) is 0 Å². The smallest absolute Gasteiger partial charge is 0.224 e. The van der Waals surface area contributed by atoms with Crippen molar-refractivity contribution in [1.82, 2.24) is 10.2 Å². The highest BCUT2D eigenvalue weighted by molar-refractivity contribution is 5.88. The first-order valence-electron chi connectivity index (χ1n) is 8.96. The number of β-amino-alcohol motifs (C(OH)–C–C–N with tert-alkyl or cyclic N) is 1. The lowest BCUT2D eigenvalue weighted by Gasteiger charge is -2.31. The van der Waals surface area contributed by atoms with Crippen molar-refractivity contribution in [2.75, 3.05) is 31.5 Å². The molecule has 1 aromatic carbocycles. The van der Waals surface area contributed by atoms with Crippen molar-refractivity contribution in [3.63, 3.8) is 0 Å². The van der Waals surface area contributed by atoms with E-state index in [1.807, 2.05) is 12.1 Å². The van der Waals surface area contributed by atoms with E-state index in [1.165, 1.54) is 19.8 Å². The molecule has 2 rings (SSSR count). The number of likely N-dealkylation sites (tertiary alicyclic amines) is 1. The number of nitrogens with one attached hydrogen (secondary N) is 2. The van der Waals surface area contributed by atoms with Crippen LogP contribution in [-0.4, -0.2) is 54.1 Å². The maximum absolute atomic E-state index is 12.0. The number of aliphatic hydroxyl groups excluding tert-OH is 1. The van der Waals surface area contributed by atoms with Crippen molar-refractivity contribution in [1.29, 1.82) is 0 Å². The minimum absolute atomic E-state index is 0.112. The topological polar surface area (TPSA) is 81.7 Å². The van der Waals surface area contributed by atoms with Crippen molar-refractivity contribution in [2.24, 2.45) is 5.92 Å². The van der Waals surface area contributed by atoms with Gasteiger partial charge in [-0.25, -0.2) is 0 Å². The second kappa shape index (κ2) is 9.53. The predicted octanol–water partition coefficient (Wildman–Crippen LogP) is 1.40. The van der Waals surface area contributed by atoms with Crippen molar-refractivity contribution in [3.8, 4) is 0 Å². The molecule has 1 fully saturated rings. The lowest BCUT2D eigenvalue weighted by molar-refractivity contribution is -0.121. The average molecular weight is 347 g/mol. The van der Waals surface area contributed by atoms with E-state index in [0.29, 0.717) is 12.2 Å². The van der Waals surface area contributed by atoms with Gasteiger partial charge in [0.25, 0.3) is 0 Å². The number of hydrogen-bond donors (Lipinski definition) is 3. The minimum atomic E-state index is -0.542. The van der Waals surface area contributed by atoms with E-state index in [-0.39, 0.29) is 24.8 Å². The molecule has 138 valence electrons. The average Bonchev–Trinajstić information content (AvgIpc) is 2.56. The summed E-state index contributed by atoms with van der Waals surface area (Å²) in [7, 11) is 0. The first-order chi connectivity index (χ1) is 11.9. The Labute approximate surface area is 149 Å². The molecule has 1 aliphatic heterocycles. The quantitative estimate of drug-likeness (QED) is 0.696. The molecule has 0 bridgehead atoms. The van der Waals surface area contributed by atoms with Crippen LogP contribution in [0.1, 0.15) is 32.3 Å². The van der Waals surface area contributed by atoms with Crippen LogP contribution in [0, 0.1) is 5.92 Å². The van der Waals surface area contributed by atoms with Gasteiger partial charge in [-0.1, -0.05) is 19.1 Å². The molecule has 0 aliphatic carbocycles. The van der Waals surface area contributed by atoms with Crippen LogP contribution in [0.2, 0.25) is 0 Å². The molecule has 3 N–H and O–H groups in total. The Balaban J connectivity index is 1.68. The molecule has 1 aromatic rings. The zero-order valence-electron chi connectivity index (χ0n) is 15.1. The summed E-state index contributed by atoms with van der Waals surface area (Å²) in [5, 5.41) is 15.6. The van der Waals surface area contributed by atoms with E-state index in [4.69, 9.17) is 0 Å². The van der Waals surface area contributed by atoms with Crippen LogP contribution in [0.15, 0.2) is 24.3 Å². The third kappa shape index (κ3) is 7.23. The monoisotopic (exact) mass is 347 g/mol. The van der Waals surface area contributed by atoms with Gasteiger partial charge in [0.2, 0.25) is 11.8 Å². The van der Waals surface area contributed by atoms with Crippen LogP contribution in [-0.2, 0) is 16.0 Å². The number of rotatable bonds is 7. The number of carbonyl (C=O) groups is 2. The largest absolute Gasteiger partial charge is 0.390 e. The molecule has 0 spiro atoms. The van der Waals surface area contributed by atoms with Crippen LogP contribution in [0.4, 0.5) is 5.69 Å². The third-order valence-corrected chi connectivity index (χ3v) is 4.52. The van der Waals surface area contributed by atoms with Gasteiger partial charge in [0.1, 0.15) is 0 Å². The molecule has 0 aromatic heterocycles. The zero-order chi connectivity index (χ0) is 18.2. The molecule has 6 nitrogen and oxygen atoms in total. The fraction of sp³-hybridized carbons (Fsp3) is 0.579. The van der Waals surface area contributed by atoms with Crippen LogP contribution >= 0.6 is 0 Å². The predicted molar refractivity (Wildman–Crippen MR) is 98.3 cm³/mol. The summed E-state index contributed by atoms with van der Waals surface area (Å²) in [6.45, 7) is 6.64. The molecular formula is C19H29N3O3. The summed E-state index contributed by atoms with van der Waals surface area (Å²) in [6.07, 6.45) is 2.06. The van der Waals surface area contributed by atoms with Gasteiger partial charge in [0.05, 0.1) is 12.5 Å². The molecule has 0 radical (unpaired) electrons. The minimum Gasteiger partial charge on any atom is -0.390 e. The Hall–Kier alpha value is -1.92. The maximum Gasteiger partial charge on any atom is 0.224 e. The fourth-order valence-electron chi connectivity index (χ4n) is 3.00. The van der Waals surface area contributed by atoms with E-state index >= 15 is 0 Å². The fourth-order valence-corrected chi connectivity index (χ4v) is 3.00. The number of hydrogen-bond acceptors (Lipinski definition) is 4. The van der Waals surface area contributed by atoms with Gasteiger partial charge in [-0.15, -0.1) is 0 Å². The highest BCUT2D eigenvalue weighted by Crippen LogP contribution is 2.15. The van der Waals surface area contributed by atoms with Crippen LogP contribution in [0.5, 0.6) is 0 Å². The Morgan fingerprint density at radius 1 is 1.24 bits per heavy atom. The molecule has 1 heterocycles. The number of carbonyl (C=O) groups excluding carboxylic acids is 2. The van der Waals surface area contributed by atoms with Gasteiger partial charge in [-0.2, -0.15) is 0 Å². The Kier molecular flexibility index (Phi) is 7.40. The standard InChI is InChI=1S/C19H29N3O3/c1-14-7-9-22(10-8-14)13-18(24)12-20-19(25)11-16-3-5-17(6-4-16)21-15(2)23/h3-6,14,18,24H,7-13H2,1-2H3,(H,20,25)(H,21,23)/t18-/m0/s1. The van der Waals surface area contributed by atoms with Crippen molar-refractivity contribution >= 4 is 17.5 Å². The summed E-state index contributed by atoms with van der Waals surface area (Å²) < 4.78 is 0. The molecule has 2 amide bonds. The van der Waals surface area contributed by atoms with Crippen molar-refractivity contribution < 1.29 is 14.7 Å². The highest BCUT2D eigenvalue weighted by Gasteiger charge is 2.18. The lowest BCUT2D eigenvalue weighted by Crippen LogP contribution is -2.43. The Morgan fingerprint density at radius 3 is 2.48 bits per heavy atom. The first kappa shape index (κ1) is 19.4. The Morgan fingerprint density at radius 2 is 1.88 bits per heavy atom. The van der Waals surface area contributed by atoms with E-state index in [0.717, 1.165) is 24.6 Å². The lowest BCUT2D eigenvalue weighted by atomic mass is 9.99. The number of anilines is 1. The van der Waals surface area contributed by atoms with Gasteiger partial charge in [-0.05, 0) is 49.5 Å². The number of aliphatic hydroxyl groups is 1.